The number of hydrogen-bond donors (Lipinski definition) is 2. The summed E-state index contributed by atoms with van der Waals surface area (Å²) in [6, 6.07) is 12.1. The number of sulfonamides is 1. The van der Waals surface area contributed by atoms with E-state index in [0.717, 1.165) is 61.7 Å². The lowest BCUT2D eigenvalue weighted by Gasteiger charge is -2.09. The predicted octanol–water partition coefficient (Wildman–Crippen LogP) is 4.77. The molecule has 38 heavy (non-hydrogen) atoms. The van der Waals surface area contributed by atoms with Crippen LogP contribution >= 0.6 is 11.3 Å². The molecule has 0 fully saturated rings. The number of nitrogens with zero attached hydrogens (tertiary/aromatic N) is 3. The molecule has 2 N–H and O–H groups in total. The minimum atomic E-state index is -3.76. The van der Waals surface area contributed by atoms with E-state index in [1.165, 1.54) is 23.5 Å². The number of fused-ring (bicyclic) bond motifs is 2. The Hall–Kier alpha value is -3.51. The maximum absolute atomic E-state index is 13.1. The Kier molecular flexibility index (Phi) is 7.35. The highest BCUT2D eigenvalue weighted by molar-refractivity contribution is 7.89. The van der Waals surface area contributed by atoms with Crippen LogP contribution in [0.1, 0.15) is 23.7 Å². The van der Waals surface area contributed by atoms with E-state index in [2.05, 4.69) is 14.7 Å². The first-order valence-corrected chi connectivity index (χ1v) is 14.3. The standard InChI is InChI=1S/C27H25FN4O4S2/c1-3-19-14-29-26-22(11-17(15-33)12-23(26)31-19)27-32-25-16(2)10-20(13-24(25)37-27)36-9-8-30-38(34,35)21-6-4-18(28)5-7-21/h4-7,10-14,30,33H,3,8-9,15H2,1-2H3. The number of aliphatic hydroxyl groups excluding tert-OH is 1. The molecular formula is C27H25FN4O4S2. The van der Waals surface area contributed by atoms with Crippen LogP contribution in [0.15, 0.2) is 59.6 Å². The topological polar surface area (TPSA) is 114 Å². The van der Waals surface area contributed by atoms with Crippen molar-refractivity contribution in [2.45, 2.75) is 31.8 Å². The summed E-state index contributed by atoms with van der Waals surface area (Å²) in [7, 11) is -3.76. The van der Waals surface area contributed by atoms with Gasteiger partial charge in [-0.1, -0.05) is 6.92 Å². The largest absolute Gasteiger partial charge is 0.492 e. The molecule has 0 unspecified atom stereocenters. The van der Waals surface area contributed by atoms with E-state index in [9.17, 15) is 17.9 Å². The third-order valence-corrected chi connectivity index (χ3v) is 8.49. The zero-order valence-electron chi connectivity index (χ0n) is 20.7. The molecule has 196 valence electrons. The lowest BCUT2D eigenvalue weighted by Crippen LogP contribution is -2.28. The first-order chi connectivity index (χ1) is 18.3. The number of aryl methyl sites for hydroxylation is 2. The van der Waals surface area contributed by atoms with Crippen LogP contribution in [0.2, 0.25) is 0 Å². The van der Waals surface area contributed by atoms with Crippen molar-refractivity contribution in [1.82, 2.24) is 19.7 Å². The Morgan fingerprint density at radius 1 is 1.08 bits per heavy atom. The van der Waals surface area contributed by atoms with Gasteiger partial charge in [-0.05, 0) is 73.0 Å². The van der Waals surface area contributed by atoms with Gasteiger partial charge in [0.05, 0.1) is 38.4 Å². The molecular weight excluding hydrogens is 527 g/mol. The lowest BCUT2D eigenvalue weighted by atomic mass is 10.1. The fourth-order valence-corrected chi connectivity index (χ4v) is 6.15. The lowest BCUT2D eigenvalue weighted by molar-refractivity contribution is 0.282. The molecule has 0 aliphatic carbocycles. The Balaban J connectivity index is 1.37. The highest BCUT2D eigenvalue weighted by atomic mass is 32.2. The number of rotatable bonds is 9. The van der Waals surface area contributed by atoms with Gasteiger partial charge in [-0.3, -0.25) is 4.98 Å². The van der Waals surface area contributed by atoms with Crippen LogP contribution in [-0.2, 0) is 23.1 Å². The third-order valence-electron chi connectivity index (χ3n) is 5.98. The van der Waals surface area contributed by atoms with E-state index < -0.39 is 15.8 Å². The molecule has 3 aromatic carbocycles. The summed E-state index contributed by atoms with van der Waals surface area (Å²) in [6.45, 7) is 3.99. The number of halogens is 1. The molecule has 0 bridgehead atoms. The van der Waals surface area contributed by atoms with Crippen LogP contribution in [0.25, 0.3) is 31.8 Å². The maximum Gasteiger partial charge on any atom is 0.240 e. The molecule has 5 rings (SSSR count). The molecule has 2 heterocycles. The minimum absolute atomic E-state index is 0.0123. The van der Waals surface area contributed by atoms with Gasteiger partial charge in [0.1, 0.15) is 23.2 Å². The molecule has 8 nitrogen and oxygen atoms in total. The van der Waals surface area contributed by atoms with Gasteiger partial charge in [-0.15, -0.1) is 11.3 Å². The zero-order valence-corrected chi connectivity index (χ0v) is 22.4. The summed E-state index contributed by atoms with van der Waals surface area (Å²) in [6.07, 6.45) is 2.53. The van der Waals surface area contributed by atoms with Crippen LogP contribution in [-0.4, -0.2) is 41.6 Å². The number of hydrogen-bond acceptors (Lipinski definition) is 8. The second-order valence-corrected chi connectivity index (χ2v) is 11.5. The first-order valence-electron chi connectivity index (χ1n) is 12.0. The summed E-state index contributed by atoms with van der Waals surface area (Å²) >= 11 is 1.48. The van der Waals surface area contributed by atoms with E-state index in [1.54, 1.807) is 6.20 Å². The summed E-state index contributed by atoms with van der Waals surface area (Å²) < 4.78 is 47.0. The van der Waals surface area contributed by atoms with Gasteiger partial charge < -0.3 is 9.84 Å². The number of ether oxygens (including phenoxy) is 1. The fraction of sp³-hybridized carbons (Fsp3) is 0.222. The quantitative estimate of drug-likeness (QED) is 0.253. The Morgan fingerprint density at radius 2 is 1.87 bits per heavy atom. The molecule has 0 saturated heterocycles. The summed E-state index contributed by atoms with van der Waals surface area (Å²) in [4.78, 5) is 14.2. The van der Waals surface area contributed by atoms with E-state index in [4.69, 9.17) is 9.72 Å². The van der Waals surface area contributed by atoms with Crippen LogP contribution < -0.4 is 9.46 Å². The van der Waals surface area contributed by atoms with Gasteiger partial charge in [0.2, 0.25) is 10.0 Å². The molecule has 0 saturated carbocycles. The predicted molar refractivity (Wildman–Crippen MR) is 145 cm³/mol. The maximum atomic E-state index is 13.1. The van der Waals surface area contributed by atoms with Gasteiger partial charge in [0.25, 0.3) is 0 Å². The van der Waals surface area contributed by atoms with Crippen LogP contribution in [0.3, 0.4) is 0 Å². The molecule has 0 aliphatic heterocycles. The summed E-state index contributed by atoms with van der Waals surface area (Å²) in [5, 5.41) is 10.6. The summed E-state index contributed by atoms with van der Waals surface area (Å²) in [5.41, 5.74) is 5.59. The van der Waals surface area contributed by atoms with Crippen molar-refractivity contribution in [3.8, 4) is 16.3 Å². The van der Waals surface area contributed by atoms with Crippen LogP contribution in [0.4, 0.5) is 4.39 Å². The van der Waals surface area contributed by atoms with Crippen molar-refractivity contribution in [2.75, 3.05) is 13.2 Å². The highest BCUT2D eigenvalue weighted by Crippen LogP contribution is 2.37. The number of thiazole rings is 1. The SMILES string of the molecule is CCc1cnc2c(-c3nc4c(C)cc(OCCNS(=O)(=O)c5ccc(F)cc5)cc4s3)cc(CO)cc2n1. The van der Waals surface area contributed by atoms with E-state index in [0.29, 0.717) is 11.3 Å². The Bertz CT molecular complexity index is 1730. The summed E-state index contributed by atoms with van der Waals surface area (Å²) in [5.74, 6) is 0.0876. The van der Waals surface area contributed by atoms with E-state index >= 15 is 0 Å². The molecule has 5 aromatic rings. The van der Waals surface area contributed by atoms with Crippen molar-refractivity contribution < 1.29 is 22.7 Å². The molecule has 0 amide bonds. The molecule has 11 heteroatoms. The second kappa shape index (κ2) is 10.7. The average molecular weight is 553 g/mol. The fourth-order valence-electron chi connectivity index (χ4n) is 4.05. The van der Waals surface area contributed by atoms with Crippen LogP contribution in [0, 0.1) is 12.7 Å². The smallest absolute Gasteiger partial charge is 0.240 e. The zero-order chi connectivity index (χ0) is 26.9. The second-order valence-electron chi connectivity index (χ2n) is 8.69. The molecule has 0 aliphatic rings. The average Bonchev–Trinajstić information content (AvgIpc) is 3.35. The number of benzene rings is 3. The normalized spacial score (nSPS) is 11.9. The van der Waals surface area contributed by atoms with Crippen molar-refractivity contribution >= 4 is 42.6 Å². The van der Waals surface area contributed by atoms with E-state index in [-0.39, 0.29) is 24.7 Å². The van der Waals surface area contributed by atoms with Crippen molar-refractivity contribution in [2.24, 2.45) is 0 Å². The van der Waals surface area contributed by atoms with Gasteiger partial charge in [0.15, 0.2) is 0 Å². The van der Waals surface area contributed by atoms with Gasteiger partial charge in [0, 0.05) is 18.3 Å². The molecule has 2 aromatic heterocycles. The number of nitrogens with one attached hydrogen (secondary N) is 1. The Morgan fingerprint density at radius 3 is 2.61 bits per heavy atom. The van der Waals surface area contributed by atoms with Crippen molar-refractivity contribution in [3.63, 3.8) is 0 Å². The van der Waals surface area contributed by atoms with Crippen molar-refractivity contribution in [3.05, 3.63) is 77.4 Å². The van der Waals surface area contributed by atoms with E-state index in [1.807, 2.05) is 38.1 Å². The molecule has 0 radical (unpaired) electrons. The number of aromatic nitrogens is 3. The Labute approximate surface area is 223 Å². The monoisotopic (exact) mass is 552 g/mol. The highest BCUT2D eigenvalue weighted by Gasteiger charge is 2.16. The first kappa shape index (κ1) is 26.1. The third kappa shape index (κ3) is 5.37. The van der Waals surface area contributed by atoms with Gasteiger partial charge in [-0.2, -0.15) is 0 Å². The van der Waals surface area contributed by atoms with Crippen molar-refractivity contribution in [1.29, 1.82) is 0 Å². The minimum Gasteiger partial charge on any atom is -0.492 e. The van der Waals surface area contributed by atoms with Gasteiger partial charge >= 0.3 is 0 Å². The van der Waals surface area contributed by atoms with Crippen LogP contribution in [0.5, 0.6) is 5.75 Å². The van der Waals surface area contributed by atoms with Gasteiger partial charge in [-0.25, -0.2) is 27.5 Å². The molecule has 0 atom stereocenters. The number of aliphatic hydroxyl groups is 1. The molecule has 0 spiro atoms.